The van der Waals surface area contributed by atoms with Crippen LogP contribution in [0.3, 0.4) is 0 Å². The smallest absolute Gasteiger partial charge is 0.291 e. The van der Waals surface area contributed by atoms with Crippen LogP contribution in [0, 0.1) is 12.7 Å². The van der Waals surface area contributed by atoms with E-state index in [0.29, 0.717) is 34.2 Å². The summed E-state index contributed by atoms with van der Waals surface area (Å²) in [6, 6.07) is 18.6. The first-order valence-corrected chi connectivity index (χ1v) is 11.9. The minimum Gasteiger partial charge on any atom is -0.450 e. The Morgan fingerprint density at radius 2 is 1.72 bits per heavy atom. The quantitative estimate of drug-likeness (QED) is 0.415. The molecule has 4 aromatic rings. The number of carbonyl (C=O) groups excluding carboxylic acids is 2. The predicted molar refractivity (Wildman–Crippen MR) is 133 cm³/mol. The maximum absolute atomic E-state index is 14.6. The number of rotatable bonds is 4. The number of halogens is 1. The summed E-state index contributed by atoms with van der Waals surface area (Å²) in [6.45, 7) is 3.97. The molecule has 2 aliphatic rings. The van der Waals surface area contributed by atoms with Gasteiger partial charge in [0.2, 0.25) is 5.76 Å². The minimum absolute atomic E-state index is 0.0348. The Kier molecular flexibility index (Phi) is 4.86. The van der Waals surface area contributed by atoms with Gasteiger partial charge in [0.15, 0.2) is 11.0 Å². The summed E-state index contributed by atoms with van der Waals surface area (Å²) in [6.07, 6.45) is 0.567. The van der Waals surface area contributed by atoms with Gasteiger partial charge in [-0.15, -0.1) is 0 Å². The number of anilines is 1. The molecule has 0 saturated carbocycles. The Morgan fingerprint density at radius 3 is 2.50 bits per heavy atom. The summed E-state index contributed by atoms with van der Waals surface area (Å²) in [7, 11) is 0. The molecule has 3 aromatic carbocycles. The van der Waals surface area contributed by atoms with Crippen molar-refractivity contribution in [2.24, 2.45) is 0 Å². The number of para-hydroxylation sites is 1. The second kappa shape index (κ2) is 7.88. The number of amides is 2. The fraction of sp³-hybridized carbons (Fsp3) is 0.207. The first-order chi connectivity index (χ1) is 17.4. The van der Waals surface area contributed by atoms with Crippen molar-refractivity contribution in [3.8, 4) is 0 Å². The second-order valence-electron chi connectivity index (χ2n) is 9.30. The molecule has 2 amide bonds. The number of aryl methyl sites for hydroxylation is 1. The highest BCUT2D eigenvalue weighted by Gasteiger charge is 2.64. The molecule has 36 heavy (non-hydrogen) atoms. The predicted octanol–water partition coefficient (Wildman–Crippen LogP) is 4.90. The highest BCUT2D eigenvalue weighted by molar-refractivity contribution is 6.17. The van der Waals surface area contributed by atoms with Gasteiger partial charge in [-0.3, -0.25) is 14.4 Å². The van der Waals surface area contributed by atoms with Crippen LogP contribution in [0.15, 0.2) is 75.9 Å². The summed E-state index contributed by atoms with van der Waals surface area (Å²) in [5.74, 6) is -1.51. The molecule has 180 valence electrons. The first-order valence-electron chi connectivity index (χ1n) is 11.9. The van der Waals surface area contributed by atoms with Crippen LogP contribution in [0.4, 0.5) is 10.1 Å². The van der Waals surface area contributed by atoms with Crippen molar-refractivity contribution < 1.29 is 18.4 Å². The zero-order chi connectivity index (χ0) is 25.2. The van der Waals surface area contributed by atoms with Gasteiger partial charge in [-0.05, 0) is 37.6 Å². The lowest BCUT2D eigenvalue weighted by Crippen LogP contribution is -2.53. The molecule has 0 aliphatic carbocycles. The minimum atomic E-state index is -1.68. The van der Waals surface area contributed by atoms with Crippen LogP contribution >= 0.6 is 0 Å². The number of nitrogens with zero attached hydrogens (tertiary/aromatic N) is 2. The molecule has 0 radical (unpaired) electrons. The summed E-state index contributed by atoms with van der Waals surface area (Å²) >= 11 is 0. The van der Waals surface area contributed by atoms with Crippen molar-refractivity contribution in [3.05, 3.63) is 111 Å². The third-order valence-corrected chi connectivity index (χ3v) is 7.12. The number of carbonyl (C=O) groups is 2. The van der Waals surface area contributed by atoms with E-state index in [9.17, 15) is 18.8 Å². The number of fused-ring (bicyclic) bond motifs is 5. The van der Waals surface area contributed by atoms with Crippen LogP contribution in [0.1, 0.15) is 46.2 Å². The lowest BCUT2D eigenvalue weighted by Gasteiger charge is -2.34. The summed E-state index contributed by atoms with van der Waals surface area (Å²) in [5.41, 5.74) is 0.507. The largest absolute Gasteiger partial charge is 0.450 e. The van der Waals surface area contributed by atoms with Crippen molar-refractivity contribution in [3.63, 3.8) is 0 Å². The fourth-order valence-electron chi connectivity index (χ4n) is 5.58. The van der Waals surface area contributed by atoms with E-state index < -0.39 is 28.6 Å². The second-order valence-corrected chi connectivity index (χ2v) is 9.30. The van der Waals surface area contributed by atoms with Gasteiger partial charge in [0, 0.05) is 17.7 Å². The monoisotopic (exact) mass is 482 g/mol. The van der Waals surface area contributed by atoms with E-state index in [2.05, 4.69) is 0 Å². The molecule has 0 N–H and O–H groups in total. The third kappa shape index (κ3) is 2.80. The zero-order valence-corrected chi connectivity index (χ0v) is 19.9. The molecule has 1 atom stereocenters. The molecule has 6 nitrogen and oxygen atoms in total. The van der Waals surface area contributed by atoms with E-state index in [1.165, 1.54) is 15.9 Å². The molecule has 2 aliphatic heterocycles. The first kappa shape index (κ1) is 22.2. The number of benzene rings is 3. The molecule has 3 heterocycles. The van der Waals surface area contributed by atoms with Gasteiger partial charge in [-0.2, -0.15) is 0 Å². The molecule has 0 saturated heterocycles. The maximum atomic E-state index is 14.6. The van der Waals surface area contributed by atoms with Crippen LogP contribution < -0.4 is 10.3 Å². The Labute approximate surface area is 206 Å². The third-order valence-electron chi connectivity index (χ3n) is 7.12. The normalized spacial score (nSPS) is 18.4. The SMILES string of the molecule is CCCN1C(=O)c2oc3ccc(C)cc3c(=O)c2C12C(=O)N(Cc1ccccc1F)c1ccccc12. The molecular formula is C29H23FN2O4. The standard InChI is InChI=1S/C29H23FN2O4/c1-3-14-32-27(34)26-24(25(33)19-15-17(2)12-13-23(19)36-26)29(32)20-9-5-7-11-22(20)31(28(29)35)16-18-8-4-6-10-21(18)30/h4-13,15H,3,14,16H2,1-2H3. The van der Waals surface area contributed by atoms with Crippen LogP contribution in [-0.4, -0.2) is 23.3 Å². The maximum Gasteiger partial charge on any atom is 0.291 e. The fourth-order valence-corrected chi connectivity index (χ4v) is 5.58. The highest BCUT2D eigenvalue weighted by Crippen LogP contribution is 2.52. The molecule has 1 aromatic heterocycles. The van der Waals surface area contributed by atoms with Crippen LogP contribution in [0.5, 0.6) is 0 Å². The molecule has 1 spiro atoms. The van der Waals surface area contributed by atoms with Crippen LogP contribution in [0.25, 0.3) is 11.0 Å². The van der Waals surface area contributed by atoms with Crippen LogP contribution in [0.2, 0.25) is 0 Å². The Morgan fingerprint density at radius 1 is 0.972 bits per heavy atom. The summed E-state index contributed by atoms with van der Waals surface area (Å²) < 4.78 is 20.7. The van der Waals surface area contributed by atoms with E-state index in [-0.39, 0.29) is 24.4 Å². The Hall–Kier alpha value is -4.26. The van der Waals surface area contributed by atoms with E-state index >= 15 is 0 Å². The van der Waals surface area contributed by atoms with Gasteiger partial charge in [-0.25, -0.2) is 4.39 Å². The lowest BCUT2D eigenvalue weighted by atomic mass is 9.84. The van der Waals surface area contributed by atoms with Gasteiger partial charge < -0.3 is 14.2 Å². The van der Waals surface area contributed by atoms with Gasteiger partial charge >= 0.3 is 0 Å². The molecular weight excluding hydrogens is 459 g/mol. The van der Waals surface area contributed by atoms with E-state index in [4.69, 9.17) is 4.42 Å². The summed E-state index contributed by atoms with van der Waals surface area (Å²) in [5, 5.41) is 0.317. The van der Waals surface area contributed by atoms with Gasteiger partial charge in [0.1, 0.15) is 11.4 Å². The Bertz CT molecular complexity index is 1640. The average Bonchev–Trinajstić information content (AvgIpc) is 3.26. The van der Waals surface area contributed by atoms with Gasteiger partial charge in [-0.1, -0.05) is 55.0 Å². The van der Waals surface area contributed by atoms with Gasteiger partial charge in [0.05, 0.1) is 23.2 Å². The van der Waals surface area contributed by atoms with E-state index in [1.807, 2.05) is 19.9 Å². The molecule has 7 heteroatoms. The van der Waals surface area contributed by atoms with E-state index in [1.54, 1.807) is 54.6 Å². The Balaban J connectivity index is 1.67. The van der Waals surface area contributed by atoms with Crippen molar-refractivity contribution in [1.82, 2.24) is 4.90 Å². The highest BCUT2D eigenvalue weighted by atomic mass is 19.1. The zero-order valence-electron chi connectivity index (χ0n) is 19.9. The molecule has 6 rings (SSSR count). The van der Waals surface area contributed by atoms with Gasteiger partial charge in [0.25, 0.3) is 11.8 Å². The number of hydrogen-bond acceptors (Lipinski definition) is 4. The number of hydrogen-bond donors (Lipinski definition) is 0. The molecule has 0 bridgehead atoms. The summed E-state index contributed by atoms with van der Waals surface area (Å²) in [4.78, 5) is 45.2. The average molecular weight is 483 g/mol. The topological polar surface area (TPSA) is 70.8 Å². The van der Waals surface area contributed by atoms with Crippen molar-refractivity contribution in [2.75, 3.05) is 11.4 Å². The van der Waals surface area contributed by atoms with E-state index in [0.717, 1.165) is 5.56 Å². The van der Waals surface area contributed by atoms with Crippen LogP contribution in [-0.2, 0) is 16.9 Å². The van der Waals surface area contributed by atoms with Crippen molar-refractivity contribution in [2.45, 2.75) is 32.4 Å². The molecule has 0 fully saturated rings. The molecule has 1 unspecified atom stereocenters. The van der Waals surface area contributed by atoms with Crippen molar-refractivity contribution >= 4 is 28.5 Å². The lowest BCUT2D eigenvalue weighted by molar-refractivity contribution is -0.126. The van der Waals surface area contributed by atoms with Crippen molar-refractivity contribution in [1.29, 1.82) is 0 Å².